The van der Waals surface area contributed by atoms with Crippen molar-refractivity contribution in [3.63, 3.8) is 0 Å². The highest BCUT2D eigenvalue weighted by Crippen LogP contribution is 2.38. The Bertz CT molecular complexity index is 1170. The van der Waals surface area contributed by atoms with Crippen LogP contribution in [-0.2, 0) is 4.79 Å². The van der Waals surface area contributed by atoms with E-state index >= 15 is 0 Å². The molecule has 0 radical (unpaired) electrons. The monoisotopic (exact) mass is 421 g/mol. The van der Waals surface area contributed by atoms with Gasteiger partial charge in [-0.1, -0.05) is 6.07 Å². The second kappa shape index (κ2) is 8.34. The predicted octanol–water partition coefficient (Wildman–Crippen LogP) is 3.70. The zero-order valence-corrected chi connectivity index (χ0v) is 17.0. The highest BCUT2D eigenvalue weighted by molar-refractivity contribution is 5.80. The first kappa shape index (κ1) is 19.5. The Morgan fingerprint density at radius 1 is 1.00 bits per heavy atom. The van der Waals surface area contributed by atoms with E-state index in [1.165, 1.54) is 6.07 Å². The third-order valence-electron chi connectivity index (χ3n) is 5.69. The smallest absolute Gasteiger partial charge is 0.336 e. The fourth-order valence-corrected chi connectivity index (χ4v) is 4.16. The van der Waals surface area contributed by atoms with E-state index in [9.17, 15) is 9.59 Å². The van der Waals surface area contributed by atoms with E-state index in [1.807, 2.05) is 23.1 Å². The second-order valence-electron chi connectivity index (χ2n) is 7.74. The number of rotatable bonds is 4. The number of likely N-dealkylation sites (tertiary alicyclic amines) is 1. The lowest BCUT2D eigenvalue weighted by Crippen LogP contribution is -2.34. The van der Waals surface area contributed by atoms with Crippen molar-refractivity contribution in [2.75, 3.05) is 26.4 Å². The van der Waals surface area contributed by atoms with Gasteiger partial charge in [0.2, 0.25) is 0 Å². The first-order valence-corrected chi connectivity index (χ1v) is 10.5. The summed E-state index contributed by atoms with van der Waals surface area (Å²) in [7, 11) is 0. The average molecular weight is 421 g/mol. The van der Waals surface area contributed by atoms with E-state index in [0.29, 0.717) is 31.1 Å². The molecule has 0 spiro atoms. The topological polar surface area (TPSA) is 78.2 Å². The molecule has 2 aliphatic heterocycles. The van der Waals surface area contributed by atoms with Crippen LogP contribution in [0, 0.1) is 0 Å². The number of benzene rings is 2. The Morgan fingerprint density at radius 2 is 1.84 bits per heavy atom. The van der Waals surface area contributed by atoms with Crippen molar-refractivity contribution < 1.29 is 23.4 Å². The van der Waals surface area contributed by atoms with Crippen LogP contribution >= 0.6 is 0 Å². The second-order valence-corrected chi connectivity index (χ2v) is 7.74. The normalized spacial score (nSPS) is 18.1. The van der Waals surface area contributed by atoms with E-state index in [1.54, 1.807) is 24.3 Å². The maximum absolute atomic E-state index is 12.9. The lowest BCUT2D eigenvalue weighted by atomic mass is 10.0. The van der Waals surface area contributed by atoms with Crippen LogP contribution in [0.5, 0.6) is 17.2 Å². The van der Waals surface area contributed by atoms with Gasteiger partial charge in [0.05, 0.1) is 19.3 Å². The van der Waals surface area contributed by atoms with Crippen molar-refractivity contribution >= 4 is 16.9 Å². The standard InChI is InChI=1S/C24H23NO6/c26-23(15-30-18-7-4-16-6-9-24(27)31-21(16)14-18)25-10-1-3-19(25)17-5-8-20-22(13-17)29-12-2-11-28-20/h4-9,13-14,19H,1-3,10-12,15H2/t19-/m0/s1. The molecule has 160 valence electrons. The van der Waals surface area contributed by atoms with Crippen LogP contribution in [0.2, 0.25) is 0 Å². The molecule has 31 heavy (non-hydrogen) atoms. The van der Waals surface area contributed by atoms with Crippen molar-refractivity contribution in [2.45, 2.75) is 25.3 Å². The molecule has 0 bridgehead atoms. The minimum absolute atomic E-state index is 0.0112. The molecule has 7 nitrogen and oxygen atoms in total. The zero-order valence-electron chi connectivity index (χ0n) is 17.0. The molecule has 0 aliphatic carbocycles. The Hall–Kier alpha value is -3.48. The minimum atomic E-state index is -0.421. The molecule has 0 saturated carbocycles. The van der Waals surface area contributed by atoms with Crippen LogP contribution < -0.4 is 19.8 Å². The molecule has 3 heterocycles. The van der Waals surface area contributed by atoms with Crippen molar-refractivity contribution in [1.29, 1.82) is 0 Å². The SMILES string of the molecule is O=C(COc1ccc2ccc(=O)oc2c1)N1CCC[C@H]1c1ccc2c(c1)OCCCO2. The van der Waals surface area contributed by atoms with Crippen molar-refractivity contribution in [2.24, 2.45) is 0 Å². The number of hydrogen-bond acceptors (Lipinski definition) is 6. The predicted molar refractivity (Wildman–Crippen MR) is 114 cm³/mol. The number of ether oxygens (including phenoxy) is 3. The van der Waals surface area contributed by atoms with Gasteiger partial charge in [0.15, 0.2) is 18.1 Å². The number of carbonyl (C=O) groups is 1. The molecule has 5 rings (SSSR count). The molecule has 3 aromatic rings. The largest absolute Gasteiger partial charge is 0.490 e. The van der Waals surface area contributed by atoms with Crippen LogP contribution in [0.15, 0.2) is 57.7 Å². The summed E-state index contributed by atoms with van der Waals surface area (Å²) >= 11 is 0. The molecule has 1 atom stereocenters. The molecule has 0 N–H and O–H groups in total. The Balaban J connectivity index is 1.29. The number of amides is 1. The Kier molecular flexibility index (Phi) is 5.24. The van der Waals surface area contributed by atoms with Gasteiger partial charge in [0.25, 0.3) is 5.91 Å². The van der Waals surface area contributed by atoms with Crippen molar-refractivity contribution in [3.05, 3.63) is 64.5 Å². The fourth-order valence-electron chi connectivity index (χ4n) is 4.16. The minimum Gasteiger partial charge on any atom is -0.490 e. The third-order valence-corrected chi connectivity index (χ3v) is 5.69. The maximum Gasteiger partial charge on any atom is 0.336 e. The molecule has 7 heteroatoms. The maximum atomic E-state index is 12.9. The van der Waals surface area contributed by atoms with Gasteiger partial charge in [-0.05, 0) is 48.7 Å². The summed E-state index contributed by atoms with van der Waals surface area (Å²) in [6.45, 7) is 1.89. The molecule has 1 aromatic heterocycles. The number of nitrogens with zero attached hydrogens (tertiary/aromatic N) is 1. The molecular weight excluding hydrogens is 398 g/mol. The van der Waals surface area contributed by atoms with E-state index in [4.69, 9.17) is 18.6 Å². The van der Waals surface area contributed by atoms with Gasteiger partial charge in [0, 0.05) is 30.5 Å². The summed E-state index contributed by atoms with van der Waals surface area (Å²) in [5.41, 5.74) is 1.06. The number of carbonyl (C=O) groups excluding carboxylic acids is 1. The average Bonchev–Trinajstić information content (AvgIpc) is 3.16. The van der Waals surface area contributed by atoms with Gasteiger partial charge in [-0.3, -0.25) is 4.79 Å². The summed E-state index contributed by atoms with van der Waals surface area (Å²) in [6.07, 6.45) is 2.69. The Labute approximate surface area is 179 Å². The molecular formula is C24H23NO6. The summed E-state index contributed by atoms with van der Waals surface area (Å²) in [5, 5.41) is 0.798. The van der Waals surface area contributed by atoms with Gasteiger partial charge in [-0.15, -0.1) is 0 Å². The first-order valence-electron chi connectivity index (χ1n) is 10.5. The highest BCUT2D eigenvalue weighted by atomic mass is 16.5. The van der Waals surface area contributed by atoms with Gasteiger partial charge in [-0.25, -0.2) is 4.79 Å². The zero-order chi connectivity index (χ0) is 21.2. The lowest BCUT2D eigenvalue weighted by molar-refractivity contribution is -0.134. The van der Waals surface area contributed by atoms with Crippen molar-refractivity contribution in [1.82, 2.24) is 4.90 Å². The summed E-state index contributed by atoms with van der Waals surface area (Å²) in [5.74, 6) is 1.90. The summed E-state index contributed by atoms with van der Waals surface area (Å²) in [6, 6.07) is 14.2. The van der Waals surface area contributed by atoms with Gasteiger partial charge < -0.3 is 23.5 Å². The van der Waals surface area contributed by atoms with E-state index in [2.05, 4.69) is 0 Å². The number of fused-ring (bicyclic) bond motifs is 2. The van der Waals surface area contributed by atoms with Crippen LogP contribution in [-0.4, -0.2) is 37.2 Å². The van der Waals surface area contributed by atoms with E-state index in [0.717, 1.165) is 41.7 Å². The van der Waals surface area contributed by atoms with E-state index < -0.39 is 5.63 Å². The third kappa shape index (κ3) is 4.08. The van der Waals surface area contributed by atoms with E-state index in [-0.39, 0.29) is 18.6 Å². The van der Waals surface area contributed by atoms with Crippen molar-refractivity contribution in [3.8, 4) is 17.2 Å². The summed E-state index contributed by atoms with van der Waals surface area (Å²) in [4.78, 5) is 26.2. The lowest BCUT2D eigenvalue weighted by Gasteiger charge is -2.25. The molecule has 1 amide bonds. The van der Waals surface area contributed by atoms with Gasteiger partial charge in [-0.2, -0.15) is 0 Å². The van der Waals surface area contributed by atoms with Gasteiger partial charge >= 0.3 is 5.63 Å². The first-order chi connectivity index (χ1) is 15.2. The quantitative estimate of drug-likeness (QED) is 0.598. The highest BCUT2D eigenvalue weighted by Gasteiger charge is 2.31. The molecule has 1 saturated heterocycles. The Morgan fingerprint density at radius 3 is 2.74 bits per heavy atom. The fraction of sp³-hybridized carbons (Fsp3) is 0.333. The number of hydrogen-bond donors (Lipinski definition) is 0. The van der Waals surface area contributed by atoms with Crippen LogP contribution in [0.4, 0.5) is 0 Å². The molecule has 1 fully saturated rings. The van der Waals surface area contributed by atoms with Crippen LogP contribution in [0.3, 0.4) is 0 Å². The molecule has 2 aromatic carbocycles. The van der Waals surface area contributed by atoms with Crippen LogP contribution in [0.25, 0.3) is 11.0 Å². The molecule has 0 unspecified atom stereocenters. The molecule has 2 aliphatic rings. The van der Waals surface area contributed by atoms with Crippen LogP contribution in [0.1, 0.15) is 30.9 Å². The summed E-state index contributed by atoms with van der Waals surface area (Å²) < 4.78 is 22.4. The van der Waals surface area contributed by atoms with Gasteiger partial charge in [0.1, 0.15) is 11.3 Å².